The van der Waals surface area contributed by atoms with Crippen molar-refractivity contribution in [2.75, 3.05) is 7.11 Å². The van der Waals surface area contributed by atoms with Gasteiger partial charge in [0, 0.05) is 6.07 Å². The number of methoxy groups -OCH3 is 1. The highest BCUT2D eigenvalue weighted by Crippen LogP contribution is 2.26. The van der Waals surface area contributed by atoms with E-state index < -0.39 is 0 Å². The molecule has 1 aromatic heterocycles. The molecule has 0 N–H and O–H groups in total. The Hall–Kier alpha value is -1.32. The summed E-state index contributed by atoms with van der Waals surface area (Å²) in [6.45, 7) is 5.71. The van der Waals surface area contributed by atoms with Gasteiger partial charge in [-0.2, -0.15) is 0 Å². The van der Waals surface area contributed by atoms with Gasteiger partial charge in [-0.15, -0.1) is 0 Å². The SMILES string of the molecule is COC(=O)[C@@H](c1cc(C)no1)C(C)C. The summed E-state index contributed by atoms with van der Waals surface area (Å²) in [5, 5.41) is 3.75. The van der Waals surface area contributed by atoms with E-state index in [0.29, 0.717) is 5.76 Å². The molecule has 1 atom stereocenters. The van der Waals surface area contributed by atoms with Gasteiger partial charge in [0.2, 0.25) is 0 Å². The third-order valence-corrected chi connectivity index (χ3v) is 2.07. The Morgan fingerprint density at radius 1 is 1.57 bits per heavy atom. The van der Waals surface area contributed by atoms with Crippen LogP contribution >= 0.6 is 0 Å². The van der Waals surface area contributed by atoms with Gasteiger partial charge < -0.3 is 9.26 Å². The molecule has 0 amide bonds. The second-order valence-corrected chi connectivity index (χ2v) is 3.62. The van der Waals surface area contributed by atoms with E-state index in [1.165, 1.54) is 7.11 Å². The maximum atomic E-state index is 11.5. The molecule has 1 heterocycles. The summed E-state index contributed by atoms with van der Waals surface area (Å²) in [4.78, 5) is 11.5. The van der Waals surface area contributed by atoms with Crippen LogP contribution in [0.2, 0.25) is 0 Å². The molecule has 78 valence electrons. The summed E-state index contributed by atoms with van der Waals surface area (Å²) in [6.07, 6.45) is 0. The van der Waals surface area contributed by atoms with Gasteiger partial charge in [-0.1, -0.05) is 19.0 Å². The van der Waals surface area contributed by atoms with Gasteiger partial charge in [0.15, 0.2) is 5.76 Å². The standard InChI is InChI=1S/C10H15NO3/c1-6(2)9(10(12)13-4)8-5-7(3)11-14-8/h5-6,9H,1-4H3/t9-/m1/s1. The number of aryl methyl sites for hydroxylation is 1. The molecule has 0 fully saturated rings. The molecule has 4 heteroatoms. The summed E-state index contributed by atoms with van der Waals surface area (Å²) < 4.78 is 9.77. The number of ether oxygens (including phenoxy) is 1. The Morgan fingerprint density at radius 3 is 2.57 bits per heavy atom. The first-order valence-electron chi connectivity index (χ1n) is 4.57. The lowest BCUT2D eigenvalue weighted by Crippen LogP contribution is -2.18. The van der Waals surface area contributed by atoms with E-state index in [2.05, 4.69) is 5.16 Å². The van der Waals surface area contributed by atoms with E-state index in [-0.39, 0.29) is 17.8 Å². The average molecular weight is 197 g/mol. The van der Waals surface area contributed by atoms with Crippen molar-refractivity contribution >= 4 is 5.97 Å². The Balaban J connectivity index is 2.94. The van der Waals surface area contributed by atoms with Crippen molar-refractivity contribution in [3.8, 4) is 0 Å². The first-order valence-corrected chi connectivity index (χ1v) is 4.57. The first kappa shape index (κ1) is 10.8. The number of carbonyl (C=O) groups is 1. The fourth-order valence-corrected chi connectivity index (χ4v) is 1.37. The van der Waals surface area contributed by atoms with Crippen LogP contribution in [0.15, 0.2) is 10.6 Å². The number of aromatic nitrogens is 1. The molecule has 0 bridgehead atoms. The van der Waals surface area contributed by atoms with E-state index in [0.717, 1.165) is 5.69 Å². The lowest BCUT2D eigenvalue weighted by molar-refractivity contribution is -0.144. The molecule has 0 spiro atoms. The van der Waals surface area contributed by atoms with E-state index in [1.54, 1.807) is 6.07 Å². The van der Waals surface area contributed by atoms with Crippen LogP contribution in [0.1, 0.15) is 31.2 Å². The molecule has 14 heavy (non-hydrogen) atoms. The minimum atomic E-state index is -0.360. The van der Waals surface area contributed by atoms with Crippen molar-refractivity contribution in [3.05, 3.63) is 17.5 Å². The van der Waals surface area contributed by atoms with E-state index >= 15 is 0 Å². The molecule has 1 rings (SSSR count). The van der Waals surface area contributed by atoms with Gasteiger partial charge in [0.25, 0.3) is 0 Å². The van der Waals surface area contributed by atoms with Crippen molar-refractivity contribution in [2.45, 2.75) is 26.7 Å². The van der Waals surface area contributed by atoms with Crippen LogP contribution in [0, 0.1) is 12.8 Å². The van der Waals surface area contributed by atoms with Gasteiger partial charge in [-0.05, 0) is 12.8 Å². The Kier molecular flexibility index (Phi) is 3.28. The fourth-order valence-electron chi connectivity index (χ4n) is 1.37. The zero-order valence-electron chi connectivity index (χ0n) is 8.90. The van der Waals surface area contributed by atoms with Gasteiger partial charge in [0.05, 0.1) is 12.8 Å². The van der Waals surface area contributed by atoms with Crippen LogP contribution in [0.5, 0.6) is 0 Å². The lowest BCUT2D eigenvalue weighted by atomic mass is 9.93. The molecule has 0 unspecified atom stereocenters. The maximum Gasteiger partial charge on any atom is 0.316 e. The number of nitrogens with zero attached hydrogens (tertiary/aromatic N) is 1. The van der Waals surface area contributed by atoms with Crippen LogP contribution in [0.3, 0.4) is 0 Å². The first-order chi connectivity index (χ1) is 6.56. The fraction of sp³-hybridized carbons (Fsp3) is 0.600. The molecule has 0 aromatic carbocycles. The largest absolute Gasteiger partial charge is 0.468 e. The molecule has 0 aliphatic carbocycles. The molecular formula is C10H15NO3. The predicted molar refractivity (Wildman–Crippen MR) is 50.8 cm³/mol. The molecule has 4 nitrogen and oxygen atoms in total. The second-order valence-electron chi connectivity index (χ2n) is 3.62. The number of rotatable bonds is 3. The summed E-state index contributed by atoms with van der Waals surface area (Å²) >= 11 is 0. The third kappa shape index (κ3) is 2.13. The van der Waals surface area contributed by atoms with Crippen LogP contribution in [0.25, 0.3) is 0 Å². The topological polar surface area (TPSA) is 52.3 Å². The average Bonchev–Trinajstić information content (AvgIpc) is 2.51. The van der Waals surface area contributed by atoms with Gasteiger partial charge in [-0.3, -0.25) is 4.79 Å². The Morgan fingerprint density at radius 2 is 2.21 bits per heavy atom. The second kappa shape index (κ2) is 4.26. The summed E-state index contributed by atoms with van der Waals surface area (Å²) in [5.74, 6) is 0.0662. The molecule has 1 aromatic rings. The van der Waals surface area contributed by atoms with Crippen LogP contribution < -0.4 is 0 Å². The molecule has 0 radical (unpaired) electrons. The smallest absolute Gasteiger partial charge is 0.316 e. The highest BCUT2D eigenvalue weighted by Gasteiger charge is 2.28. The van der Waals surface area contributed by atoms with Gasteiger partial charge in [0.1, 0.15) is 5.92 Å². The molecule has 0 aliphatic rings. The van der Waals surface area contributed by atoms with E-state index in [9.17, 15) is 4.79 Å². The zero-order chi connectivity index (χ0) is 10.7. The number of hydrogen-bond donors (Lipinski definition) is 0. The van der Waals surface area contributed by atoms with Crippen molar-refractivity contribution in [3.63, 3.8) is 0 Å². The van der Waals surface area contributed by atoms with E-state index in [4.69, 9.17) is 9.26 Å². The summed E-state index contributed by atoms with van der Waals surface area (Å²) in [7, 11) is 1.38. The lowest BCUT2D eigenvalue weighted by Gasteiger charge is -2.14. The normalized spacial score (nSPS) is 12.9. The molecular weight excluding hydrogens is 182 g/mol. The maximum absolute atomic E-state index is 11.5. The predicted octanol–water partition coefficient (Wildman–Crippen LogP) is 1.90. The van der Waals surface area contributed by atoms with Crippen molar-refractivity contribution in [2.24, 2.45) is 5.92 Å². The zero-order valence-corrected chi connectivity index (χ0v) is 8.90. The monoisotopic (exact) mass is 197 g/mol. The number of carbonyl (C=O) groups excluding carboxylic acids is 1. The quantitative estimate of drug-likeness (QED) is 0.694. The van der Waals surface area contributed by atoms with Crippen molar-refractivity contribution in [1.29, 1.82) is 0 Å². The Bertz CT molecular complexity index is 317. The minimum Gasteiger partial charge on any atom is -0.468 e. The number of esters is 1. The summed E-state index contributed by atoms with van der Waals surface area (Å²) in [6, 6.07) is 1.77. The number of hydrogen-bond acceptors (Lipinski definition) is 4. The Labute approximate surface area is 83.2 Å². The van der Waals surface area contributed by atoms with Crippen molar-refractivity contribution < 1.29 is 14.1 Å². The van der Waals surface area contributed by atoms with Gasteiger partial charge >= 0.3 is 5.97 Å². The minimum absolute atomic E-state index is 0.134. The highest BCUT2D eigenvalue weighted by molar-refractivity contribution is 5.77. The van der Waals surface area contributed by atoms with Crippen LogP contribution in [-0.4, -0.2) is 18.2 Å². The third-order valence-electron chi connectivity index (χ3n) is 2.07. The van der Waals surface area contributed by atoms with Crippen LogP contribution in [-0.2, 0) is 9.53 Å². The highest BCUT2D eigenvalue weighted by atomic mass is 16.5. The van der Waals surface area contributed by atoms with E-state index in [1.807, 2.05) is 20.8 Å². The van der Waals surface area contributed by atoms with Gasteiger partial charge in [-0.25, -0.2) is 0 Å². The molecule has 0 saturated heterocycles. The van der Waals surface area contributed by atoms with Crippen LogP contribution in [0.4, 0.5) is 0 Å². The van der Waals surface area contributed by atoms with Crippen molar-refractivity contribution in [1.82, 2.24) is 5.16 Å². The molecule has 0 aliphatic heterocycles. The summed E-state index contributed by atoms with van der Waals surface area (Å²) in [5.41, 5.74) is 0.773. The molecule has 0 saturated carbocycles.